The van der Waals surface area contributed by atoms with Gasteiger partial charge in [-0.3, -0.25) is 9.48 Å². The molecule has 1 aromatic heterocycles. The number of carbonyl (C=O) groups excluding carboxylic acids is 1. The fourth-order valence-electron chi connectivity index (χ4n) is 2.22. The van der Waals surface area contributed by atoms with Gasteiger partial charge in [0.05, 0.1) is 11.9 Å². The Hall–Kier alpha value is -2.30. The maximum Gasteiger partial charge on any atom is 0.273 e. The van der Waals surface area contributed by atoms with E-state index in [-0.39, 0.29) is 12.1 Å². The number of rotatable bonds is 1. The minimum absolute atomic E-state index is 0.102. The molecular formula is C13H14N4O. The summed E-state index contributed by atoms with van der Waals surface area (Å²) < 4.78 is 1.57. The van der Waals surface area contributed by atoms with Gasteiger partial charge in [0.25, 0.3) is 5.91 Å². The Balaban J connectivity index is 1.97. The van der Waals surface area contributed by atoms with E-state index in [1.807, 2.05) is 25.1 Å². The summed E-state index contributed by atoms with van der Waals surface area (Å²) in [6.07, 6.45) is 1.48. The summed E-state index contributed by atoms with van der Waals surface area (Å²) in [4.78, 5) is 12.0. The van der Waals surface area contributed by atoms with Gasteiger partial charge in [-0.15, -0.1) is 0 Å². The fourth-order valence-corrected chi connectivity index (χ4v) is 2.22. The predicted molar refractivity (Wildman–Crippen MR) is 68.2 cm³/mol. The molecule has 0 spiro atoms. The van der Waals surface area contributed by atoms with Gasteiger partial charge >= 0.3 is 0 Å². The second-order valence-corrected chi connectivity index (χ2v) is 4.50. The van der Waals surface area contributed by atoms with Crippen molar-refractivity contribution in [3.05, 3.63) is 47.3 Å². The minimum atomic E-state index is -0.200. The Kier molecular flexibility index (Phi) is 2.33. The summed E-state index contributed by atoms with van der Waals surface area (Å²) in [7, 11) is 1.76. The van der Waals surface area contributed by atoms with Crippen LogP contribution in [0.1, 0.15) is 27.8 Å². The number of aryl methyl sites for hydroxylation is 2. The molecular weight excluding hydrogens is 228 g/mol. The lowest BCUT2D eigenvalue weighted by Crippen LogP contribution is -2.39. The maximum atomic E-state index is 12.0. The Morgan fingerprint density at radius 3 is 2.94 bits per heavy atom. The highest BCUT2D eigenvalue weighted by molar-refractivity contribution is 6.00. The second kappa shape index (κ2) is 3.87. The Morgan fingerprint density at radius 2 is 2.17 bits per heavy atom. The predicted octanol–water partition coefficient (Wildman–Crippen LogP) is 1.58. The topological polar surface area (TPSA) is 59.0 Å². The number of hydrogen-bond donors (Lipinski definition) is 2. The van der Waals surface area contributed by atoms with Crippen LogP contribution in [-0.4, -0.2) is 15.7 Å². The Morgan fingerprint density at radius 1 is 1.33 bits per heavy atom. The van der Waals surface area contributed by atoms with Crippen LogP contribution in [0.25, 0.3) is 0 Å². The number of benzene rings is 1. The summed E-state index contributed by atoms with van der Waals surface area (Å²) >= 11 is 0. The molecule has 1 aliphatic heterocycles. The molecule has 0 fully saturated rings. The number of aromatic nitrogens is 2. The average molecular weight is 242 g/mol. The number of hydrogen-bond acceptors (Lipinski definition) is 3. The Bertz CT molecular complexity index is 617. The van der Waals surface area contributed by atoms with Crippen molar-refractivity contribution in [3.63, 3.8) is 0 Å². The maximum absolute atomic E-state index is 12.0. The van der Waals surface area contributed by atoms with Crippen LogP contribution >= 0.6 is 0 Å². The molecule has 0 saturated heterocycles. The fraction of sp³-hybridized carbons (Fsp3) is 0.231. The van der Waals surface area contributed by atoms with E-state index in [1.165, 1.54) is 5.56 Å². The van der Waals surface area contributed by atoms with Crippen molar-refractivity contribution in [1.29, 1.82) is 0 Å². The highest BCUT2D eigenvalue weighted by atomic mass is 16.2. The average Bonchev–Trinajstić information content (AvgIpc) is 2.71. The van der Waals surface area contributed by atoms with E-state index in [4.69, 9.17) is 0 Å². The zero-order valence-electron chi connectivity index (χ0n) is 10.3. The molecule has 1 amide bonds. The van der Waals surface area contributed by atoms with Crippen molar-refractivity contribution < 1.29 is 4.79 Å². The summed E-state index contributed by atoms with van der Waals surface area (Å²) in [6, 6.07) is 8.06. The molecule has 3 rings (SSSR count). The van der Waals surface area contributed by atoms with Gasteiger partial charge in [0.2, 0.25) is 0 Å². The monoisotopic (exact) mass is 242 g/mol. The van der Waals surface area contributed by atoms with Crippen molar-refractivity contribution in [2.75, 3.05) is 5.32 Å². The van der Waals surface area contributed by atoms with Gasteiger partial charge in [-0.25, -0.2) is 0 Å². The van der Waals surface area contributed by atoms with Crippen LogP contribution in [0.5, 0.6) is 0 Å². The van der Waals surface area contributed by atoms with Crippen molar-refractivity contribution in [1.82, 2.24) is 15.1 Å². The molecule has 0 saturated carbocycles. The number of fused-ring (bicyclic) bond motifs is 1. The standard InChI is InChI=1S/C13H14N4O/c1-8-4-3-5-9(6-8)12-15-10-7-14-17(2)11(10)13(18)16-12/h3-7,12,15H,1-2H3,(H,16,18)/t12-/m1/s1. The van der Waals surface area contributed by atoms with Crippen molar-refractivity contribution >= 4 is 11.6 Å². The van der Waals surface area contributed by atoms with Crippen molar-refractivity contribution in [2.45, 2.75) is 13.1 Å². The van der Waals surface area contributed by atoms with Gasteiger partial charge in [0.1, 0.15) is 11.9 Å². The van der Waals surface area contributed by atoms with Gasteiger partial charge in [0.15, 0.2) is 0 Å². The van der Waals surface area contributed by atoms with Crippen LogP contribution in [-0.2, 0) is 7.05 Å². The van der Waals surface area contributed by atoms with Crippen molar-refractivity contribution in [3.8, 4) is 0 Å². The molecule has 2 aromatic rings. The van der Waals surface area contributed by atoms with E-state index in [9.17, 15) is 4.79 Å². The van der Waals surface area contributed by atoms with Gasteiger partial charge in [-0.2, -0.15) is 5.10 Å². The van der Waals surface area contributed by atoms with Crippen LogP contribution < -0.4 is 10.6 Å². The SMILES string of the molecule is Cc1cccc([C@H]2NC(=O)c3c(cnn3C)N2)c1. The molecule has 1 atom stereocenters. The molecule has 0 aliphatic carbocycles. The highest BCUT2D eigenvalue weighted by Gasteiger charge is 2.27. The lowest BCUT2D eigenvalue weighted by Gasteiger charge is -2.26. The summed E-state index contributed by atoms with van der Waals surface area (Å²) in [5.41, 5.74) is 3.55. The van der Waals surface area contributed by atoms with E-state index in [1.54, 1.807) is 17.9 Å². The van der Waals surface area contributed by atoms with Crippen LogP contribution in [0.4, 0.5) is 5.69 Å². The first-order valence-corrected chi connectivity index (χ1v) is 5.81. The molecule has 2 heterocycles. The zero-order chi connectivity index (χ0) is 12.7. The smallest absolute Gasteiger partial charge is 0.273 e. The molecule has 0 unspecified atom stereocenters. The number of carbonyl (C=O) groups is 1. The Labute approximate surface area is 105 Å². The number of amides is 1. The van der Waals surface area contributed by atoms with Crippen LogP contribution in [0.2, 0.25) is 0 Å². The van der Waals surface area contributed by atoms with Crippen LogP contribution in [0.3, 0.4) is 0 Å². The second-order valence-electron chi connectivity index (χ2n) is 4.50. The van der Waals surface area contributed by atoms with E-state index < -0.39 is 0 Å². The molecule has 5 heteroatoms. The molecule has 18 heavy (non-hydrogen) atoms. The first-order valence-electron chi connectivity index (χ1n) is 5.81. The number of nitrogens with one attached hydrogen (secondary N) is 2. The van der Waals surface area contributed by atoms with E-state index in [2.05, 4.69) is 21.8 Å². The summed E-state index contributed by atoms with van der Waals surface area (Å²) in [6.45, 7) is 2.03. The third-order valence-corrected chi connectivity index (χ3v) is 3.10. The molecule has 1 aliphatic rings. The highest BCUT2D eigenvalue weighted by Crippen LogP contribution is 2.26. The van der Waals surface area contributed by atoms with Gasteiger partial charge in [0, 0.05) is 7.05 Å². The minimum Gasteiger partial charge on any atom is -0.358 e. The van der Waals surface area contributed by atoms with Crippen molar-refractivity contribution in [2.24, 2.45) is 7.05 Å². The van der Waals surface area contributed by atoms with Crippen LogP contribution in [0, 0.1) is 6.92 Å². The molecule has 5 nitrogen and oxygen atoms in total. The molecule has 1 aromatic carbocycles. The quantitative estimate of drug-likeness (QED) is 0.798. The number of nitrogens with zero attached hydrogens (tertiary/aromatic N) is 2. The van der Waals surface area contributed by atoms with Crippen LogP contribution in [0.15, 0.2) is 30.5 Å². The third kappa shape index (κ3) is 1.64. The number of anilines is 1. The molecule has 0 radical (unpaired) electrons. The third-order valence-electron chi connectivity index (χ3n) is 3.10. The normalized spacial score (nSPS) is 17.9. The lowest BCUT2D eigenvalue weighted by atomic mass is 10.1. The lowest BCUT2D eigenvalue weighted by molar-refractivity contribution is 0.0926. The first-order chi connectivity index (χ1) is 8.65. The van der Waals surface area contributed by atoms with Gasteiger partial charge < -0.3 is 10.6 Å². The largest absolute Gasteiger partial charge is 0.358 e. The van der Waals surface area contributed by atoms with E-state index >= 15 is 0 Å². The van der Waals surface area contributed by atoms with E-state index in [0.717, 1.165) is 11.3 Å². The van der Waals surface area contributed by atoms with Gasteiger partial charge in [-0.05, 0) is 12.5 Å². The molecule has 0 bridgehead atoms. The summed E-state index contributed by atoms with van der Waals surface area (Å²) in [5, 5.41) is 10.3. The summed E-state index contributed by atoms with van der Waals surface area (Å²) in [5.74, 6) is -0.102. The molecule has 2 N–H and O–H groups in total. The first kappa shape index (κ1) is 10.8. The molecule has 92 valence electrons. The van der Waals surface area contributed by atoms with Gasteiger partial charge in [-0.1, -0.05) is 29.8 Å². The zero-order valence-corrected chi connectivity index (χ0v) is 10.3. The van der Waals surface area contributed by atoms with E-state index in [0.29, 0.717) is 5.69 Å².